The van der Waals surface area contributed by atoms with Gasteiger partial charge in [0.2, 0.25) is 6.79 Å². The fraction of sp³-hybridized carbons (Fsp3) is 0.270. The summed E-state index contributed by atoms with van der Waals surface area (Å²) in [7, 11) is 0. The van der Waals surface area contributed by atoms with Crippen LogP contribution < -0.4 is 14.4 Å². The molecule has 5 nitrogen and oxygen atoms in total. The molecule has 0 aliphatic carbocycles. The summed E-state index contributed by atoms with van der Waals surface area (Å²) < 4.78 is 13.8. The molecule has 2 heterocycles. The van der Waals surface area contributed by atoms with Crippen LogP contribution in [0.2, 0.25) is 0 Å². The summed E-state index contributed by atoms with van der Waals surface area (Å²) in [6.07, 6.45) is 2.20. The van der Waals surface area contributed by atoms with E-state index in [1.807, 2.05) is 6.07 Å². The molecule has 5 aromatic rings. The zero-order valence-corrected chi connectivity index (χ0v) is 24.8. The molecule has 0 spiro atoms. The normalized spacial score (nSPS) is 12.2. The standard InChI is InChI=1S/C37H39N3O2/c1-4-5-22-40-33(36(30-12-8-6-9-13-30)38-37(40)31-14-10-7-11-15-31)25-39(32-19-17-29(18-20-32)27(2)3)24-28-16-21-34-35(23-28)42-26-41-34/h6-21,23,27H,4-5,22,24-26H2,1-3H3. The van der Waals surface area contributed by atoms with Gasteiger partial charge in [-0.3, -0.25) is 0 Å². The van der Waals surface area contributed by atoms with Crippen molar-refractivity contribution in [1.82, 2.24) is 9.55 Å². The number of ether oxygens (including phenoxy) is 2. The summed E-state index contributed by atoms with van der Waals surface area (Å²) >= 11 is 0. The average Bonchev–Trinajstić information content (AvgIpc) is 3.65. The van der Waals surface area contributed by atoms with Crippen molar-refractivity contribution < 1.29 is 9.47 Å². The molecule has 214 valence electrons. The summed E-state index contributed by atoms with van der Waals surface area (Å²) in [6, 6.07) is 36.5. The summed E-state index contributed by atoms with van der Waals surface area (Å²) in [6.45, 7) is 9.36. The van der Waals surface area contributed by atoms with E-state index in [9.17, 15) is 0 Å². The van der Waals surface area contributed by atoms with E-state index in [1.54, 1.807) is 0 Å². The van der Waals surface area contributed by atoms with Crippen molar-refractivity contribution in [2.75, 3.05) is 11.7 Å². The SMILES string of the molecule is CCCCn1c(-c2ccccc2)nc(-c2ccccc2)c1CN(Cc1ccc2c(c1)OCO2)c1ccc(C(C)C)cc1. The van der Waals surface area contributed by atoms with Crippen molar-refractivity contribution in [3.05, 3.63) is 120 Å². The lowest BCUT2D eigenvalue weighted by molar-refractivity contribution is 0.174. The van der Waals surface area contributed by atoms with Crippen LogP contribution in [0.15, 0.2) is 103 Å². The number of nitrogens with zero attached hydrogens (tertiary/aromatic N) is 3. The van der Waals surface area contributed by atoms with Crippen LogP contribution in [0.4, 0.5) is 5.69 Å². The van der Waals surface area contributed by atoms with Crippen LogP contribution in [0.25, 0.3) is 22.6 Å². The van der Waals surface area contributed by atoms with E-state index in [-0.39, 0.29) is 6.79 Å². The summed E-state index contributed by atoms with van der Waals surface area (Å²) in [5, 5.41) is 0. The minimum Gasteiger partial charge on any atom is -0.454 e. The Bertz CT molecular complexity index is 1610. The number of benzene rings is 4. The third-order valence-electron chi connectivity index (χ3n) is 7.96. The highest BCUT2D eigenvalue weighted by Crippen LogP contribution is 2.35. The Balaban J connectivity index is 1.47. The third-order valence-corrected chi connectivity index (χ3v) is 7.96. The second kappa shape index (κ2) is 12.6. The quantitative estimate of drug-likeness (QED) is 0.162. The average molecular weight is 558 g/mol. The number of unbranched alkanes of at least 4 members (excludes halogenated alkanes) is 1. The van der Waals surface area contributed by atoms with Crippen molar-refractivity contribution in [2.45, 2.75) is 59.2 Å². The molecule has 4 aromatic carbocycles. The van der Waals surface area contributed by atoms with Gasteiger partial charge in [-0.2, -0.15) is 0 Å². The van der Waals surface area contributed by atoms with Gasteiger partial charge in [-0.15, -0.1) is 0 Å². The summed E-state index contributed by atoms with van der Waals surface area (Å²) in [5.74, 6) is 3.13. The van der Waals surface area contributed by atoms with Crippen LogP contribution in [0.3, 0.4) is 0 Å². The molecule has 0 unspecified atom stereocenters. The minimum atomic E-state index is 0.276. The first-order valence-corrected chi connectivity index (χ1v) is 15.0. The lowest BCUT2D eigenvalue weighted by Gasteiger charge is -2.27. The molecule has 1 aliphatic rings. The first-order valence-electron chi connectivity index (χ1n) is 15.0. The van der Waals surface area contributed by atoms with E-state index in [4.69, 9.17) is 14.5 Å². The van der Waals surface area contributed by atoms with Crippen molar-refractivity contribution in [1.29, 1.82) is 0 Å². The zero-order valence-electron chi connectivity index (χ0n) is 24.8. The number of anilines is 1. The highest BCUT2D eigenvalue weighted by atomic mass is 16.7. The predicted octanol–water partition coefficient (Wildman–Crippen LogP) is 9.08. The van der Waals surface area contributed by atoms with Gasteiger partial charge in [0.05, 0.1) is 17.9 Å². The van der Waals surface area contributed by atoms with Gasteiger partial charge in [0, 0.05) is 29.9 Å². The van der Waals surface area contributed by atoms with Crippen molar-refractivity contribution in [3.63, 3.8) is 0 Å². The Labute approximate surface area is 249 Å². The lowest BCUT2D eigenvalue weighted by Crippen LogP contribution is -2.24. The van der Waals surface area contributed by atoms with E-state index >= 15 is 0 Å². The number of rotatable bonds is 11. The van der Waals surface area contributed by atoms with Crippen LogP contribution in [0.1, 0.15) is 56.4 Å². The Morgan fingerprint density at radius 2 is 1.48 bits per heavy atom. The molecule has 6 rings (SSSR count). The first-order chi connectivity index (χ1) is 20.6. The summed E-state index contributed by atoms with van der Waals surface area (Å²) in [5.41, 5.74) is 8.24. The minimum absolute atomic E-state index is 0.276. The van der Waals surface area contributed by atoms with E-state index in [2.05, 4.69) is 127 Å². The van der Waals surface area contributed by atoms with Gasteiger partial charge in [0.15, 0.2) is 11.5 Å². The van der Waals surface area contributed by atoms with Crippen molar-refractivity contribution >= 4 is 5.69 Å². The third kappa shape index (κ3) is 5.91. The number of fused-ring (bicyclic) bond motifs is 1. The maximum absolute atomic E-state index is 5.72. The van der Waals surface area contributed by atoms with Gasteiger partial charge in [0.25, 0.3) is 0 Å². The van der Waals surface area contributed by atoms with E-state index in [0.717, 1.165) is 60.1 Å². The highest BCUT2D eigenvalue weighted by molar-refractivity contribution is 5.69. The van der Waals surface area contributed by atoms with Crippen LogP contribution >= 0.6 is 0 Å². The smallest absolute Gasteiger partial charge is 0.231 e. The van der Waals surface area contributed by atoms with E-state index < -0.39 is 0 Å². The first kappa shape index (κ1) is 27.6. The maximum atomic E-state index is 5.72. The molecule has 0 bridgehead atoms. The highest BCUT2D eigenvalue weighted by Gasteiger charge is 2.23. The molecule has 1 aliphatic heterocycles. The second-order valence-corrected chi connectivity index (χ2v) is 11.3. The van der Waals surface area contributed by atoms with Gasteiger partial charge in [-0.1, -0.05) is 106 Å². The summed E-state index contributed by atoms with van der Waals surface area (Å²) in [4.78, 5) is 7.80. The monoisotopic (exact) mass is 557 g/mol. The van der Waals surface area contributed by atoms with Crippen molar-refractivity contribution in [2.24, 2.45) is 0 Å². The van der Waals surface area contributed by atoms with Crippen molar-refractivity contribution in [3.8, 4) is 34.1 Å². The van der Waals surface area contributed by atoms with Gasteiger partial charge < -0.3 is 18.9 Å². The molecule has 5 heteroatoms. The number of aromatic nitrogens is 2. The molecule has 0 saturated carbocycles. The number of hydrogen-bond donors (Lipinski definition) is 0. The molecule has 0 radical (unpaired) electrons. The van der Waals surface area contributed by atoms with Crippen LogP contribution in [-0.2, 0) is 19.6 Å². The van der Waals surface area contributed by atoms with Gasteiger partial charge in [-0.05, 0) is 47.7 Å². The number of hydrogen-bond acceptors (Lipinski definition) is 4. The molecule has 1 aromatic heterocycles. The topological polar surface area (TPSA) is 39.5 Å². The van der Waals surface area contributed by atoms with Crippen LogP contribution in [-0.4, -0.2) is 16.3 Å². The van der Waals surface area contributed by atoms with Crippen LogP contribution in [0.5, 0.6) is 11.5 Å². The fourth-order valence-electron chi connectivity index (χ4n) is 5.59. The molecule has 0 N–H and O–H groups in total. The van der Waals surface area contributed by atoms with Crippen LogP contribution in [0, 0.1) is 0 Å². The molecule has 0 saturated heterocycles. The molecule has 42 heavy (non-hydrogen) atoms. The van der Waals surface area contributed by atoms with E-state index in [1.165, 1.54) is 22.5 Å². The van der Waals surface area contributed by atoms with Gasteiger partial charge in [0.1, 0.15) is 5.82 Å². The predicted molar refractivity (Wildman–Crippen MR) is 171 cm³/mol. The molecular weight excluding hydrogens is 518 g/mol. The Hall–Kier alpha value is -4.51. The second-order valence-electron chi connectivity index (χ2n) is 11.3. The Kier molecular flexibility index (Phi) is 8.27. The Morgan fingerprint density at radius 3 is 2.17 bits per heavy atom. The zero-order chi connectivity index (χ0) is 28.9. The molecular formula is C37H39N3O2. The fourth-order valence-corrected chi connectivity index (χ4v) is 5.59. The van der Waals surface area contributed by atoms with Gasteiger partial charge >= 0.3 is 0 Å². The molecule has 0 amide bonds. The molecule has 0 fully saturated rings. The largest absolute Gasteiger partial charge is 0.454 e. The number of imidazole rings is 1. The van der Waals surface area contributed by atoms with E-state index in [0.29, 0.717) is 12.5 Å². The molecule has 0 atom stereocenters. The maximum Gasteiger partial charge on any atom is 0.231 e. The lowest BCUT2D eigenvalue weighted by atomic mass is 10.0. The van der Waals surface area contributed by atoms with Gasteiger partial charge in [-0.25, -0.2) is 4.98 Å². The Morgan fingerprint density at radius 1 is 0.786 bits per heavy atom.